The minimum absolute atomic E-state index is 0.349. The maximum atomic E-state index is 10.8. The fourth-order valence-corrected chi connectivity index (χ4v) is 2.81. The van der Waals surface area contributed by atoms with Gasteiger partial charge >= 0.3 is 0 Å². The largest absolute Gasteiger partial charge is 0.476 e. The number of nitrogens with zero attached hydrogens (tertiary/aromatic N) is 2. The Morgan fingerprint density at radius 2 is 2.38 bits per heavy atom. The smallest absolute Gasteiger partial charge is 0.222 e. The Hall–Kier alpha value is -2.67. The van der Waals surface area contributed by atoms with Crippen LogP contribution in [0.1, 0.15) is 18.5 Å². The van der Waals surface area contributed by atoms with E-state index >= 15 is 0 Å². The van der Waals surface area contributed by atoms with Gasteiger partial charge in [0.2, 0.25) is 12.3 Å². The van der Waals surface area contributed by atoms with Gasteiger partial charge in [-0.15, -0.1) is 0 Å². The van der Waals surface area contributed by atoms with Crippen molar-refractivity contribution in [2.24, 2.45) is 5.10 Å². The molecule has 0 spiro atoms. The zero-order chi connectivity index (χ0) is 16.8. The predicted molar refractivity (Wildman–Crippen MR) is 93.1 cm³/mol. The van der Waals surface area contributed by atoms with Crippen LogP contribution < -0.4 is 20.8 Å². The number of amidine groups is 1. The minimum Gasteiger partial charge on any atom is -0.476 e. The maximum absolute atomic E-state index is 10.8. The van der Waals surface area contributed by atoms with Crippen LogP contribution in [0.15, 0.2) is 35.4 Å². The van der Waals surface area contributed by atoms with Gasteiger partial charge in [-0.25, -0.2) is 4.98 Å². The van der Waals surface area contributed by atoms with Crippen LogP contribution in [0.2, 0.25) is 0 Å². The molecule has 1 aliphatic rings. The number of hydrogen-bond acceptors (Lipinski definition) is 6. The van der Waals surface area contributed by atoms with Crippen molar-refractivity contribution < 1.29 is 9.53 Å². The number of aromatic nitrogens is 1. The molecule has 24 heavy (non-hydrogen) atoms. The summed E-state index contributed by atoms with van der Waals surface area (Å²) < 4.78 is 5.99. The lowest BCUT2D eigenvalue weighted by molar-refractivity contribution is -0.108. The number of benzene rings is 1. The Bertz CT molecular complexity index is 741. The standard InChI is InChI=1S/C17H21N5O2/c1-18-22-16(20-11-23)15-9-12-5-2-3-7-14(12)17(21-15)24-10-13-6-4-8-19-13/h2-3,5,7,9,11,13,18-19H,4,6,8,10H2,1H3,(H,20,22,23). The number of fused-ring (bicyclic) bond motifs is 1. The van der Waals surface area contributed by atoms with Gasteiger partial charge in [0.25, 0.3) is 0 Å². The predicted octanol–water partition coefficient (Wildman–Crippen LogP) is 0.993. The normalized spacial score (nSPS) is 17.7. The maximum Gasteiger partial charge on any atom is 0.222 e. The first-order valence-electron chi connectivity index (χ1n) is 8.03. The van der Waals surface area contributed by atoms with Crippen LogP contribution in [0.5, 0.6) is 5.88 Å². The summed E-state index contributed by atoms with van der Waals surface area (Å²) in [6.45, 7) is 1.60. The minimum atomic E-state index is 0.349. The number of carbonyl (C=O) groups excluding carboxylic acids is 1. The van der Waals surface area contributed by atoms with E-state index in [1.807, 2.05) is 30.3 Å². The van der Waals surface area contributed by atoms with Gasteiger partial charge < -0.3 is 20.8 Å². The highest BCUT2D eigenvalue weighted by atomic mass is 16.5. The second kappa shape index (κ2) is 7.74. The van der Waals surface area contributed by atoms with Gasteiger partial charge in [-0.05, 0) is 36.9 Å². The molecule has 0 bridgehead atoms. The molecule has 2 heterocycles. The molecule has 1 aliphatic heterocycles. The SMILES string of the molecule is CN/N=C(\NC=O)c1cc2ccccc2c(OCC2CCCN2)n1. The Morgan fingerprint density at radius 1 is 1.50 bits per heavy atom. The molecule has 1 aromatic heterocycles. The van der Waals surface area contributed by atoms with E-state index in [2.05, 4.69) is 26.1 Å². The molecule has 7 nitrogen and oxygen atoms in total. The first-order chi connectivity index (χ1) is 11.8. The second-order valence-electron chi connectivity index (χ2n) is 5.58. The van der Waals surface area contributed by atoms with Gasteiger partial charge in [0.05, 0.1) is 0 Å². The number of hydrogen-bond donors (Lipinski definition) is 3. The monoisotopic (exact) mass is 327 g/mol. The Morgan fingerprint density at radius 3 is 3.12 bits per heavy atom. The van der Waals surface area contributed by atoms with E-state index < -0.39 is 0 Å². The average molecular weight is 327 g/mol. The molecule has 1 aromatic carbocycles. The van der Waals surface area contributed by atoms with Gasteiger partial charge in [-0.1, -0.05) is 18.2 Å². The molecular weight excluding hydrogens is 306 g/mol. The van der Waals surface area contributed by atoms with Crippen molar-refractivity contribution in [1.82, 2.24) is 21.0 Å². The molecule has 7 heteroatoms. The van der Waals surface area contributed by atoms with Crippen LogP contribution in [-0.2, 0) is 4.79 Å². The van der Waals surface area contributed by atoms with Crippen LogP contribution in [0.25, 0.3) is 10.8 Å². The van der Waals surface area contributed by atoms with Crippen LogP contribution in [0.4, 0.5) is 0 Å². The topological polar surface area (TPSA) is 87.6 Å². The molecule has 2 aromatic rings. The summed E-state index contributed by atoms with van der Waals surface area (Å²) in [5.41, 5.74) is 3.22. The van der Waals surface area contributed by atoms with Crippen LogP contribution in [0, 0.1) is 0 Å². The zero-order valence-corrected chi connectivity index (χ0v) is 13.6. The first kappa shape index (κ1) is 16.2. The number of hydrazone groups is 1. The van der Waals surface area contributed by atoms with Crippen LogP contribution in [-0.4, -0.2) is 43.5 Å². The van der Waals surface area contributed by atoms with Crippen molar-refractivity contribution in [2.45, 2.75) is 18.9 Å². The average Bonchev–Trinajstić information content (AvgIpc) is 3.13. The second-order valence-corrected chi connectivity index (χ2v) is 5.58. The number of carbonyl (C=O) groups is 1. The lowest BCUT2D eigenvalue weighted by atomic mass is 10.1. The van der Waals surface area contributed by atoms with E-state index in [0.717, 1.165) is 23.7 Å². The molecule has 0 saturated carbocycles. The summed E-state index contributed by atoms with van der Waals surface area (Å²) in [5, 5.41) is 12.0. The van der Waals surface area contributed by atoms with Gasteiger partial charge in [0.15, 0.2) is 5.84 Å². The third kappa shape index (κ3) is 3.62. The molecule has 3 rings (SSSR count). The van der Waals surface area contributed by atoms with Gasteiger partial charge in [0, 0.05) is 18.5 Å². The van der Waals surface area contributed by atoms with E-state index in [9.17, 15) is 4.79 Å². The van der Waals surface area contributed by atoms with Crippen molar-refractivity contribution in [3.8, 4) is 5.88 Å². The number of amides is 1. The van der Waals surface area contributed by atoms with E-state index in [1.54, 1.807) is 7.05 Å². The van der Waals surface area contributed by atoms with Gasteiger partial charge in [0.1, 0.15) is 12.3 Å². The fraction of sp³-hybridized carbons (Fsp3) is 0.353. The van der Waals surface area contributed by atoms with Gasteiger partial charge in [-0.2, -0.15) is 5.10 Å². The Balaban J connectivity index is 1.95. The van der Waals surface area contributed by atoms with E-state index in [1.165, 1.54) is 6.42 Å². The zero-order valence-electron chi connectivity index (χ0n) is 13.6. The number of nitrogens with one attached hydrogen (secondary N) is 3. The van der Waals surface area contributed by atoms with Crippen LogP contribution >= 0.6 is 0 Å². The summed E-state index contributed by atoms with van der Waals surface area (Å²) in [6.07, 6.45) is 2.86. The summed E-state index contributed by atoms with van der Waals surface area (Å²) in [6, 6.07) is 10.1. The molecule has 3 N–H and O–H groups in total. The number of pyridine rings is 1. The molecule has 126 valence electrons. The fourth-order valence-electron chi connectivity index (χ4n) is 2.81. The van der Waals surface area contributed by atoms with E-state index in [0.29, 0.717) is 36.5 Å². The third-order valence-electron chi connectivity index (χ3n) is 3.95. The molecular formula is C17H21N5O2. The molecule has 1 fully saturated rings. The molecule has 0 aliphatic carbocycles. The molecule has 1 saturated heterocycles. The molecule has 1 unspecified atom stereocenters. The Labute approximate surface area is 140 Å². The highest BCUT2D eigenvalue weighted by molar-refractivity contribution is 6.05. The van der Waals surface area contributed by atoms with Crippen molar-refractivity contribution >= 4 is 23.0 Å². The summed E-state index contributed by atoms with van der Waals surface area (Å²) in [4.78, 5) is 15.4. The summed E-state index contributed by atoms with van der Waals surface area (Å²) in [7, 11) is 1.66. The lowest BCUT2D eigenvalue weighted by Gasteiger charge is -2.14. The third-order valence-corrected chi connectivity index (χ3v) is 3.95. The van der Waals surface area contributed by atoms with E-state index in [4.69, 9.17) is 4.74 Å². The summed E-state index contributed by atoms with van der Waals surface area (Å²) >= 11 is 0. The highest BCUT2D eigenvalue weighted by Crippen LogP contribution is 2.25. The lowest BCUT2D eigenvalue weighted by Crippen LogP contribution is -2.29. The molecule has 0 radical (unpaired) electrons. The van der Waals surface area contributed by atoms with Crippen molar-refractivity contribution in [3.63, 3.8) is 0 Å². The Kier molecular flexibility index (Phi) is 5.22. The quantitative estimate of drug-likeness (QED) is 0.319. The van der Waals surface area contributed by atoms with Crippen LogP contribution in [0.3, 0.4) is 0 Å². The number of ether oxygens (including phenoxy) is 1. The van der Waals surface area contributed by atoms with Crippen molar-refractivity contribution in [2.75, 3.05) is 20.2 Å². The highest BCUT2D eigenvalue weighted by Gasteiger charge is 2.17. The van der Waals surface area contributed by atoms with Crippen molar-refractivity contribution in [1.29, 1.82) is 0 Å². The van der Waals surface area contributed by atoms with Gasteiger partial charge in [-0.3, -0.25) is 4.79 Å². The van der Waals surface area contributed by atoms with E-state index in [-0.39, 0.29) is 0 Å². The molecule has 1 atom stereocenters. The van der Waals surface area contributed by atoms with Crippen molar-refractivity contribution in [3.05, 3.63) is 36.0 Å². The molecule has 1 amide bonds. The number of rotatable bonds is 6. The summed E-state index contributed by atoms with van der Waals surface area (Å²) in [5.74, 6) is 0.899. The first-order valence-corrected chi connectivity index (χ1v) is 8.03.